The number of primary amides is 1. The number of hydrogen-bond donors (Lipinski definition) is 1. The number of benzene rings is 1. The highest BCUT2D eigenvalue weighted by molar-refractivity contribution is 5.95. The predicted octanol–water partition coefficient (Wildman–Crippen LogP) is 1.97. The molecule has 6 heteroatoms. The molecule has 0 unspecified atom stereocenters. The van der Waals surface area contributed by atoms with Gasteiger partial charge in [-0.1, -0.05) is 26.8 Å². The lowest BCUT2D eigenvalue weighted by atomic mass is 9.92. The van der Waals surface area contributed by atoms with Crippen LogP contribution in [0.5, 0.6) is 0 Å². The van der Waals surface area contributed by atoms with Crippen molar-refractivity contribution in [3.05, 3.63) is 47.3 Å². The minimum Gasteiger partial charge on any atom is -0.364 e. The molecule has 0 fully saturated rings. The minimum atomic E-state index is -0.558. The number of nitrogens with two attached hydrogens (primary N) is 1. The van der Waals surface area contributed by atoms with Crippen LogP contribution in [0, 0.1) is 0 Å². The average Bonchev–Trinajstić information content (AvgIpc) is 2.92. The number of rotatable bonds is 3. The Labute approximate surface area is 135 Å². The van der Waals surface area contributed by atoms with Crippen molar-refractivity contribution in [1.82, 2.24) is 14.7 Å². The molecule has 1 heterocycles. The maximum atomic E-state index is 12.1. The van der Waals surface area contributed by atoms with Crippen LogP contribution >= 0.6 is 0 Å². The highest BCUT2D eigenvalue weighted by Crippen LogP contribution is 2.24. The van der Waals surface area contributed by atoms with Crippen molar-refractivity contribution in [3.8, 4) is 5.69 Å². The second kappa shape index (κ2) is 5.87. The molecule has 0 radical (unpaired) electrons. The largest absolute Gasteiger partial charge is 0.364 e. The number of aromatic nitrogens is 2. The topological polar surface area (TPSA) is 81.2 Å². The number of carbonyl (C=O) groups excluding carboxylic acids is 2. The molecule has 6 nitrogen and oxygen atoms in total. The summed E-state index contributed by atoms with van der Waals surface area (Å²) in [6.07, 6.45) is 0. The van der Waals surface area contributed by atoms with Crippen LogP contribution < -0.4 is 5.73 Å². The molecule has 1 aromatic carbocycles. The minimum absolute atomic E-state index is 0.115. The molecule has 2 rings (SSSR count). The standard InChI is InChI=1S/C17H22N4O2/c1-17(2,3)14-10-13(15(18)22)21(19-14)12-8-6-7-11(9-12)16(23)20(4)5/h6-10H,1-5H3,(H2,18,22). The van der Waals surface area contributed by atoms with Crippen LogP contribution in [0.2, 0.25) is 0 Å². The van der Waals surface area contributed by atoms with Crippen LogP contribution in [0.3, 0.4) is 0 Å². The van der Waals surface area contributed by atoms with Gasteiger partial charge in [0.2, 0.25) is 0 Å². The van der Waals surface area contributed by atoms with E-state index in [4.69, 9.17) is 5.73 Å². The molecular formula is C17H22N4O2. The Kier molecular flexibility index (Phi) is 4.27. The summed E-state index contributed by atoms with van der Waals surface area (Å²) in [6.45, 7) is 6.03. The highest BCUT2D eigenvalue weighted by atomic mass is 16.2. The Hall–Kier alpha value is -2.63. The number of hydrogen-bond acceptors (Lipinski definition) is 3. The zero-order valence-corrected chi connectivity index (χ0v) is 14.1. The molecule has 1 aromatic heterocycles. The lowest BCUT2D eigenvalue weighted by Crippen LogP contribution is -2.22. The Morgan fingerprint density at radius 1 is 1.17 bits per heavy atom. The normalized spacial score (nSPS) is 11.3. The van der Waals surface area contributed by atoms with E-state index in [1.165, 1.54) is 9.58 Å². The molecule has 2 aromatic rings. The van der Waals surface area contributed by atoms with Gasteiger partial charge >= 0.3 is 0 Å². The van der Waals surface area contributed by atoms with E-state index in [2.05, 4.69) is 5.10 Å². The molecule has 23 heavy (non-hydrogen) atoms. The van der Waals surface area contributed by atoms with Gasteiger partial charge in [0.15, 0.2) is 0 Å². The van der Waals surface area contributed by atoms with Gasteiger partial charge in [0.25, 0.3) is 11.8 Å². The first-order valence-electron chi connectivity index (χ1n) is 7.33. The fourth-order valence-corrected chi connectivity index (χ4v) is 2.15. The van der Waals surface area contributed by atoms with Crippen LogP contribution in [0.1, 0.15) is 47.3 Å². The molecule has 0 aliphatic rings. The van der Waals surface area contributed by atoms with Crippen molar-refractivity contribution in [2.75, 3.05) is 14.1 Å². The summed E-state index contributed by atoms with van der Waals surface area (Å²) in [6, 6.07) is 8.68. The Morgan fingerprint density at radius 2 is 1.83 bits per heavy atom. The molecule has 2 N–H and O–H groups in total. The van der Waals surface area contributed by atoms with Crippen LogP contribution in [0.15, 0.2) is 30.3 Å². The molecule has 0 spiro atoms. The molecule has 0 atom stereocenters. The van der Waals surface area contributed by atoms with E-state index in [-0.39, 0.29) is 11.3 Å². The number of nitrogens with zero attached hydrogens (tertiary/aromatic N) is 3. The third-order valence-electron chi connectivity index (χ3n) is 3.47. The van der Waals surface area contributed by atoms with Crippen molar-refractivity contribution >= 4 is 11.8 Å². The summed E-state index contributed by atoms with van der Waals surface area (Å²) in [7, 11) is 3.38. The van der Waals surface area contributed by atoms with Crippen molar-refractivity contribution < 1.29 is 9.59 Å². The molecule has 122 valence electrons. The SMILES string of the molecule is CN(C)C(=O)c1cccc(-n2nc(C(C)(C)C)cc2C(N)=O)c1. The van der Waals surface area contributed by atoms with Gasteiger partial charge < -0.3 is 10.6 Å². The maximum absolute atomic E-state index is 12.1. The third kappa shape index (κ3) is 3.41. The summed E-state index contributed by atoms with van der Waals surface area (Å²) >= 11 is 0. The first-order chi connectivity index (χ1) is 10.6. The van der Waals surface area contributed by atoms with E-state index in [0.717, 1.165) is 5.69 Å². The van der Waals surface area contributed by atoms with Gasteiger partial charge in [0, 0.05) is 25.1 Å². The molecule has 2 amide bonds. The van der Waals surface area contributed by atoms with Gasteiger partial charge in [-0.15, -0.1) is 0 Å². The van der Waals surface area contributed by atoms with E-state index in [1.54, 1.807) is 44.4 Å². The lowest BCUT2D eigenvalue weighted by Gasteiger charge is -2.14. The quantitative estimate of drug-likeness (QED) is 0.940. The predicted molar refractivity (Wildman–Crippen MR) is 88.8 cm³/mol. The van der Waals surface area contributed by atoms with Gasteiger partial charge in [-0.2, -0.15) is 5.10 Å². The molecule has 0 saturated carbocycles. The summed E-state index contributed by atoms with van der Waals surface area (Å²) < 4.78 is 1.50. The molecule has 0 aliphatic heterocycles. The first kappa shape index (κ1) is 16.7. The van der Waals surface area contributed by atoms with Gasteiger partial charge in [0.05, 0.1) is 11.4 Å². The summed E-state index contributed by atoms with van der Waals surface area (Å²) in [5.41, 5.74) is 7.47. The van der Waals surface area contributed by atoms with E-state index in [0.29, 0.717) is 16.9 Å². The molecular weight excluding hydrogens is 292 g/mol. The number of carbonyl (C=O) groups is 2. The molecule has 0 bridgehead atoms. The van der Waals surface area contributed by atoms with Gasteiger partial charge in [-0.3, -0.25) is 9.59 Å². The van der Waals surface area contributed by atoms with Crippen molar-refractivity contribution in [2.45, 2.75) is 26.2 Å². The summed E-state index contributed by atoms with van der Waals surface area (Å²) in [5, 5.41) is 4.51. The van der Waals surface area contributed by atoms with Crippen LogP contribution in [0.25, 0.3) is 5.69 Å². The molecule has 0 saturated heterocycles. The van der Waals surface area contributed by atoms with Gasteiger partial charge in [0.1, 0.15) is 5.69 Å². The van der Waals surface area contributed by atoms with Crippen molar-refractivity contribution in [3.63, 3.8) is 0 Å². The second-order valence-electron chi connectivity index (χ2n) is 6.69. The fourth-order valence-electron chi connectivity index (χ4n) is 2.15. The second-order valence-corrected chi connectivity index (χ2v) is 6.69. The molecule has 0 aliphatic carbocycles. The lowest BCUT2D eigenvalue weighted by molar-refractivity contribution is 0.0827. The van der Waals surface area contributed by atoms with Crippen LogP contribution in [-0.2, 0) is 5.41 Å². The Morgan fingerprint density at radius 3 is 2.35 bits per heavy atom. The maximum Gasteiger partial charge on any atom is 0.267 e. The van der Waals surface area contributed by atoms with Gasteiger partial charge in [-0.05, 0) is 24.3 Å². The zero-order valence-electron chi connectivity index (χ0n) is 14.1. The van der Waals surface area contributed by atoms with E-state index >= 15 is 0 Å². The van der Waals surface area contributed by atoms with Crippen molar-refractivity contribution in [2.24, 2.45) is 5.73 Å². The number of amides is 2. The summed E-state index contributed by atoms with van der Waals surface area (Å²) in [5.74, 6) is -0.673. The van der Waals surface area contributed by atoms with Crippen LogP contribution in [-0.4, -0.2) is 40.6 Å². The average molecular weight is 314 g/mol. The third-order valence-corrected chi connectivity index (χ3v) is 3.47. The summed E-state index contributed by atoms with van der Waals surface area (Å²) in [4.78, 5) is 25.4. The van der Waals surface area contributed by atoms with E-state index in [9.17, 15) is 9.59 Å². The van der Waals surface area contributed by atoms with E-state index < -0.39 is 5.91 Å². The smallest absolute Gasteiger partial charge is 0.267 e. The highest BCUT2D eigenvalue weighted by Gasteiger charge is 2.23. The van der Waals surface area contributed by atoms with Gasteiger partial charge in [-0.25, -0.2) is 4.68 Å². The van der Waals surface area contributed by atoms with E-state index in [1.807, 2.05) is 20.8 Å². The first-order valence-corrected chi connectivity index (χ1v) is 7.33. The fraction of sp³-hybridized carbons (Fsp3) is 0.353. The van der Waals surface area contributed by atoms with Crippen molar-refractivity contribution in [1.29, 1.82) is 0 Å². The zero-order chi connectivity index (χ0) is 17.4. The Balaban J connectivity index is 2.58. The monoisotopic (exact) mass is 314 g/mol. The Bertz CT molecular complexity index is 754. The van der Waals surface area contributed by atoms with Crippen LogP contribution in [0.4, 0.5) is 0 Å².